The van der Waals surface area contributed by atoms with Gasteiger partial charge < -0.3 is 0 Å². The van der Waals surface area contributed by atoms with E-state index in [1.165, 1.54) is 19.1 Å². The van der Waals surface area contributed by atoms with Crippen LogP contribution in [0.5, 0.6) is 0 Å². The standard InChI is InChI=1S/C16H12F7NO2S/c1-9-2-3-10(4-14(9)17)8-24-27(25,26)13-6-11(15(18,19)20)5-12(7-13)16(21,22)23/h2-7,24H,8H2,1H3. The minimum atomic E-state index is -5.17. The molecule has 0 heterocycles. The van der Waals surface area contributed by atoms with Gasteiger partial charge in [0, 0.05) is 6.54 Å². The maximum absolute atomic E-state index is 13.5. The number of nitrogens with one attached hydrogen (secondary N) is 1. The molecule has 11 heteroatoms. The molecule has 1 N–H and O–H groups in total. The minimum Gasteiger partial charge on any atom is -0.207 e. The molecule has 0 spiro atoms. The summed E-state index contributed by atoms with van der Waals surface area (Å²) < 4.78 is 117. The molecule has 0 fully saturated rings. The first-order chi connectivity index (χ1) is 12.2. The van der Waals surface area contributed by atoms with Gasteiger partial charge in [-0.1, -0.05) is 12.1 Å². The Morgan fingerprint density at radius 3 is 1.85 bits per heavy atom. The lowest BCUT2D eigenvalue weighted by Gasteiger charge is -2.15. The number of alkyl halides is 6. The molecule has 2 aromatic carbocycles. The number of hydrogen-bond donors (Lipinski definition) is 1. The molecule has 0 radical (unpaired) electrons. The molecule has 0 aliphatic carbocycles. The van der Waals surface area contributed by atoms with Crippen molar-refractivity contribution in [2.45, 2.75) is 30.7 Å². The Hall–Kier alpha value is -2.14. The molecule has 0 amide bonds. The second-order valence-electron chi connectivity index (χ2n) is 5.65. The van der Waals surface area contributed by atoms with E-state index in [0.29, 0.717) is 0 Å². The van der Waals surface area contributed by atoms with Crippen LogP contribution in [0.1, 0.15) is 22.3 Å². The number of benzene rings is 2. The van der Waals surface area contributed by atoms with Crippen LogP contribution >= 0.6 is 0 Å². The molecule has 0 unspecified atom stereocenters. The lowest BCUT2D eigenvalue weighted by atomic mass is 10.1. The van der Waals surface area contributed by atoms with Crippen LogP contribution in [-0.4, -0.2) is 8.42 Å². The quantitative estimate of drug-likeness (QED) is 0.739. The number of aryl methyl sites for hydroxylation is 1. The maximum atomic E-state index is 13.5. The van der Waals surface area contributed by atoms with Crippen molar-refractivity contribution in [1.82, 2.24) is 4.72 Å². The van der Waals surface area contributed by atoms with Crippen molar-refractivity contribution in [1.29, 1.82) is 0 Å². The predicted octanol–water partition coefficient (Wildman–Crippen LogP) is 4.65. The molecule has 0 saturated heterocycles. The van der Waals surface area contributed by atoms with Gasteiger partial charge in [-0.25, -0.2) is 17.5 Å². The molecule has 0 aliphatic heterocycles. The molecule has 3 nitrogen and oxygen atoms in total. The number of hydrogen-bond acceptors (Lipinski definition) is 2. The Morgan fingerprint density at radius 1 is 0.889 bits per heavy atom. The van der Waals surface area contributed by atoms with Gasteiger partial charge in [-0.2, -0.15) is 26.3 Å². The van der Waals surface area contributed by atoms with E-state index in [1.807, 2.05) is 4.72 Å². The lowest BCUT2D eigenvalue weighted by molar-refractivity contribution is -0.143. The molecule has 2 aromatic rings. The van der Waals surface area contributed by atoms with E-state index >= 15 is 0 Å². The fourth-order valence-corrected chi connectivity index (χ4v) is 3.18. The fraction of sp³-hybridized carbons (Fsp3) is 0.250. The highest BCUT2D eigenvalue weighted by atomic mass is 32.2. The van der Waals surface area contributed by atoms with Gasteiger partial charge in [-0.15, -0.1) is 0 Å². The molecule has 27 heavy (non-hydrogen) atoms. The van der Waals surface area contributed by atoms with Gasteiger partial charge in [0.15, 0.2) is 0 Å². The molecule has 148 valence electrons. The average molecular weight is 415 g/mol. The number of halogens is 7. The van der Waals surface area contributed by atoms with E-state index in [1.54, 1.807) is 0 Å². The van der Waals surface area contributed by atoms with Crippen molar-refractivity contribution in [2.24, 2.45) is 0 Å². The lowest BCUT2D eigenvalue weighted by Crippen LogP contribution is -2.24. The summed E-state index contributed by atoms with van der Waals surface area (Å²) in [4.78, 5) is -1.20. The van der Waals surface area contributed by atoms with Crippen LogP contribution in [0.15, 0.2) is 41.3 Å². The Kier molecular flexibility index (Phi) is 5.58. The second-order valence-corrected chi connectivity index (χ2v) is 7.42. The summed E-state index contributed by atoms with van der Waals surface area (Å²) >= 11 is 0. The summed E-state index contributed by atoms with van der Waals surface area (Å²) in [6.45, 7) is 0.946. The van der Waals surface area contributed by atoms with Gasteiger partial charge in [0.1, 0.15) is 5.82 Å². The Morgan fingerprint density at radius 2 is 1.41 bits per heavy atom. The predicted molar refractivity (Wildman–Crippen MR) is 81.6 cm³/mol. The van der Waals surface area contributed by atoms with E-state index in [9.17, 15) is 39.2 Å². The second kappa shape index (κ2) is 7.12. The summed E-state index contributed by atoms with van der Waals surface area (Å²) in [5, 5.41) is 0. The Balaban J connectivity index is 2.40. The van der Waals surface area contributed by atoms with Gasteiger partial charge >= 0.3 is 12.4 Å². The monoisotopic (exact) mass is 415 g/mol. The average Bonchev–Trinajstić information content (AvgIpc) is 2.54. The van der Waals surface area contributed by atoms with Crippen LogP contribution in [-0.2, 0) is 28.9 Å². The minimum absolute atomic E-state index is 0.104. The van der Waals surface area contributed by atoms with E-state index in [4.69, 9.17) is 0 Å². The number of rotatable bonds is 4. The highest BCUT2D eigenvalue weighted by molar-refractivity contribution is 7.89. The third kappa shape index (κ3) is 5.19. The third-order valence-corrected chi connectivity index (χ3v) is 4.95. The highest BCUT2D eigenvalue weighted by Gasteiger charge is 2.38. The molecule has 0 saturated carbocycles. The first-order valence-corrected chi connectivity index (χ1v) is 8.72. The Bertz CT molecular complexity index is 918. The Labute approximate surface area is 149 Å². The van der Waals surface area contributed by atoms with E-state index in [-0.39, 0.29) is 29.3 Å². The van der Waals surface area contributed by atoms with Crippen molar-refractivity contribution in [3.05, 3.63) is 64.5 Å². The summed E-state index contributed by atoms with van der Waals surface area (Å²) in [5.74, 6) is -0.634. The first kappa shape index (κ1) is 21.2. The van der Waals surface area contributed by atoms with Crippen LogP contribution in [0.2, 0.25) is 0 Å². The fourth-order valence-electron chi connectivity index (χ4n) is 2.09. The number of sulfonamides is 1. The van der Waals surface area contributed by atoms with E-state index < -0.39 is 50.8 Å². The van der Waals surface area contributed by atoms with Crippen molar-refractivity contribution >= 4 is 10.0 Å². The van der Waals surface area contributed by atoms with Gasteiger partial charge in [-0.3, -0.25) is 0 Å². The van der Waals surface area contributed by atoms with Crippen molar-refractivity contribution < 1.29 is 39.2 Å². The summed E-state index contributed by atoms with van der Waals surface area (Å²) in [7, 11) is -4.72. The van der Waals surface area contributed by atoms with E-state index in [0.717, 1.165) is 6.07 Å². The largest absolute Gasteiger partial charge is 0.416 e. The molecule has 0 bridgehead atoms. The normalized spacial score (nSPS) is 13.0. The van der Waals surface area contributed by atoms with Crippen LogP contribution in [0, 0.1) is 12.7 Å². The van der Waals surface area contributed by atoms with Crippen molar-refractivity contribution in [3.8, 4) is 0 Å². The van der Waals surface area contributed by atoms with Gasteiger partial charge in [-0.05, 0) is 42.3 Å². The summed E-state index contributed by atoms with van der Waals surface area (Å²) in [5.41, 5.74) is -3.07. The topological polar surface area (TPSA) is 46.2 Å². The van der Waals surface area contributed by atoms with Crippen molar-refractivity contribution in [3.63, 3.8) is 0 Å². The van der Waals surface area contributed by atoms with Crippen LogP contribution in [0.25, 0.3) is 0 Å². The van der Waals surface area contributed by atoms with Crippen LogP contribution in [0.3, 0.4) is 0 Å². The maximum Gasteiger partial charge on any atom is 0.416 e. The highest BCUT2D eigenvalue weighted by Crippen LogP contribution is 2.37. The molecular weight excluding hydrogens is 403 g/mol. The zero-order valence-corrected chi connectivity index (χ0v) is 14.4. The van der Waals surface area contributed by atoms with E-state index in [2.05, 4.69) is 0 Å². The van der Waals surface area contributed by atoms with Crippen molar-refractivity contribution in [2.75, 3.05) is 0 Å². The zero-order chi connectivity index (χ0) is 20.6. The third-order valence-electron chi connectivity index (χ3n) is 3.57. The molecule has 2 rings (SSSR count). The smallest absolute Gasteiger partial charge is 0.207 e. The van der Waals surface area contributed by atoms with Crippen LogP contribution < -0.4 is 4.72 Å². The zero-order valence-electron chi connectivity index (χ0n) is 13.5. The summed E-state index contributed by atoms with van der Waals surface area (Å²) in [6.07, 6.45) is -10.3. The van der Waals surface area contributed by atoms with Crippen LogP contribution in [0.4, 0.5) is 30.7 Å². The van der Waals surface area contributed by atoms with Gasteiger partial charge in [0.2, 0.25) is 10.0 Å². The molecule has 0 aliphatic rings. The first-order valence-electron chi connectivity index (χ1n) is 7.24. The summed E-state index contributed by atoms with van der Waals surface area (Å²) in [6, 6.07) is 3.76. The molecule has 0 aromatic heterocycles. The van der Waals surface area contributed by atoms with Gasteiger partial charge in [0.05, 0.1) is 16.0 Å². The van der Waals surface area contributed by atoms with Gasteiger partial charge in [0.25, 0.3) is 0 Å². The molecule has 0 atom stereocenters. The molecular formula is C16H12F7NO2S. The SMILES string of the molecule is Cc1ccc(CNS(=O)(=O)c2cc(C(F)(F)F)cc(C(F)(F)F)c2)cc1F.